The lowest BCUT2D eigenvalue weighted by molar-refractivity contribution is -0.128. The van der Waals surface area contributed by atoms with Crippen LogP contribution in [0.1, 0.15) is 51.2 Å². The Labute approximate surface area is 176 Å². The van der Waals surface area contributed by atoms with Gasteiger partial charge in [-0.2, -0.15) is 0 Å². The highest BCUT2D eigenvalue weighted by Crippen LogP contribution is 2.49. The van der Waals surface area contributed by atoms with Crippen LogP contribution in [0, 0.1) is 0 Å². The van der Waals surface area contributed by atoms with E-state index in [-0.39, 0.29) is 18.3 Å². The highest BCUT2D eigenvalue weighted by Gasteiger charge is 2.45. The van der Waals surface area contributed by atoms with Crippen molar-refractivity contribution in [3.8, 4) is 11.5 Å². The minimum absolute atomic E-state index is 0.215. The minimum atomic E-state index is -0.598. The highest BCUT2D eigenvalue weighted by molar-refractivity contribution is 5.69. The number of benzene rings is 1. The van der Waals surface area contributed by atoms with E-state index in [4.69, 9.17) is 23.7 Å². The number of amides is 1. The molecular formula is C23H29NO6. The van der Waals surface area contributed by atoms with Gasteiger partial charge in [0.25, 0.3) is 0 Å². The van der Waals surface area contributed by atoms with E-state index in [2.05, 4.69) is 18.2 Å². The van der Waals surface area contributed by atoms with Crippen molar-refractivity contribution >= 4 is 6.09 Å². The number of allylic oxidation sites excluding steroid dienone is 1. The highest BCUT2D eigenvalue weighted by atomic mass is 16.7. The molecular weight excluding hydrogens is 386 g/mol. The van der Waals surface area contributed by atoms with Crippen LogP contribution in [0.3, 0.4) is 0 Å². The molecule has 1 saturated heterocycles. The maximum Gasteiger partial charge on any atom is 0.410 e. The summed E-state index contributed by atoms with van der Waals surface area (Å²) in [4.78, 5) is 14.7. The normalized spacial score (nSPS) is 26.7. The SMILES string of the molecule is CC(C)(C)OC(=O)N1CCC2(C=CC3(CC2)OCCO3)c2cc3c(cc2C1)OCO3. The molecule has 1 aliphatic carbocycles. The van der Waals surface area contributed by atoms with Gasteiger partial charge in [0.1, 0.15) is 5.60 Å². The van der Waals surface area contributed by atoms with Crippen molar-refractivity contribution in [2.24, 2.45) is 0 Å². The third-order valence-corrected chi connectivity index (χ3v) is 6.33. The monoisotopic (exact) mass is 415 g/mol. The summed E-state index contributed by atoms with van der Waals surface area (Å²) in [6, 6.07) is 4.11. The molecule has 7 nitrogen and oxygen atoms in total. The van der Waals surface area contributed by atoms with Crippen LogP contribution >= 0.6 is 0 Å². The number of hydrogen-bond donors (Lipinski definition) is 0. The number of hydrogen-bond acceptors (Lipinski definition) is 6. The van der Waals surface area contributed by atoms with Gasteiger partial charge in [0.15, 0.2) is 17.3 Å². The second kappa shape index (κ2) is 6.89. The Morgan fingerprint density at radius 2 is 1.77 bits per heavy atom. The number of fused-ring (bicyclic) bond motifs is 3. The summed E-state index contributed by atoms with van der Waals surface area (Å²) >= 11 is 0. The molecule has 1 amide bonds. The molecule has 3 aliphatic heterocycles. The zero-order chi connectivity index (χ0) is 21.0. The Morgan fingerprint density at radius 1 is 1.03 bits per heavy atom. The lowest BCUT2D eigenvalue weighted by Crippen LogP contribution is -2.39. The van der Waals surface area contributed by atoms with Crippen molar-refractivity contribution < 1.29 is 28.5 Å². The van der Waals surface area contributed by atoms with Crippen molar-refractivity contribution in [3.63, 3.8) is 0 Å². The van der Waals surface area contributed by atoms with Gasteiger partial charge in [0.05, 0.1) is 13.2 Å². The quantitative estimate of drug-likeness (QED) is 0.599. The van der Waals surface area contributed by atoms with E-state index in [1.807, 2.05) is 26.8 Å². The van der Waals surface area contributed by atoms with Gasteiger partial charge in [-0.1, -0.05) is 6.08 Å². The Balaban J connectivity index is 1.52. The summed E-state index contributed by atoms with van der Waals surface area (Å²) in [7, 11) is 0. The molecule has 1 atom stereocenters. The van der Waals surface area contributed by atoms with Crippen LogP contribution < -0.4 is 9.47 Å². The van der Waals surface area contributed by atoms with E-state index in [0.29, 0.717) is 26.3 Å². The fourth-order valence-corrected chi connectivity index (χ4v) is 4.81. The van der Waals surface area contributed by atoms with Crippen LogP contribution in [0.2, 0.25) is 0 Å². The van der Waals surface area contributed by atoms with E-state index in [0.717, 1.165) is 36.3 Å². The largest absolute Gasteiger partial charge is 0.454 e. The van der Waals surface area contributed by atoms with Gasteiger partial charge in [0.2, 0.25) is 6.79 Å². The molecule has 0 aromatic heterocycles. The summed E-state index contributed by atoms with van der Waals surface area (Å²) in [5.41, 5.74) is 1.50. The molecule has 1 fully saturated rings. The van der Waals surface area contributed by atoms with Gasteiger partial charge in [-0.3, -0.25) is 0 Å². The molecule has 3 heterocycles. The average Bonchev–Trinajstić information content (AvgIpc) is 3.31. The van der Waals surface area contributed by atoms with Crippen molar-refractivity contribution in [1.29, 1.82) is 0 Å². The van der Waals surface area contributed by atoms with Crippen molar-refractivity contribution in [2.45, 2.75) is 63.4 Å². The van der Waals surface area contributed by atoms with Crippen LogP contribution in [0.25, 0.3) is 0 Å². The maximum atomic E-state index is 12.9. The fourth-order valence-electron chi connectivity index (χ4n) is 4.81. The predicted molar refractivity (Wildman–Crippen MR) is 109 cm³/mol. The molecule has 1 aromatic rings. The molecule has 7 heteroatoms. The molecule has 4 aliphatic rings. The van der Waals surface area contributed by atoms with Crippen LogP contribution in [0.15, 0.2) is 24.3 Å². The van der Waals surface area contributed by atoms with Gasteiger partial charge < -0.3 is 28.6 Å². The van der Waals surface area contributed by atoms with Crippen LogP contribution in [-0.2, 0) is 26.2 Å². The number of ether oxygens (including phenoxy) is 5. The number of rotatable bonds is 0. The molecule has 162 valence electrons. The van der Waals surface area contributed by atoms with Gasteiger partial charge in [-0.15, -0.1) is 0 Å². The number of nitrogens with zero attached hydrogens (tertiary/aromatic N) is 1. The Kier molecular flexibility index (Phi) is 4.52. The number of carbonyl (C=O) groups excluding carboxylic acids is 1. The van der Waals surface area contributed by atoms with Crippen LogP contribution in [-0.4, -0.2) is 48.9 Å². The second-order valence-electron chi connectivity index (χ2n) is 9.51. The standard InChI is InChI=1S/C23H29NO6/c1-21(2,3)30-20(25)24-9-8-22(4-6-23(7-5-22)28-10-11-29-23)17-13-19-18(26-15-27-19)12-16(17)14-24/h4,6,12-13H,5,7-11,14-15H2,1-3H3. The predicted octanol–water partition coefficient (Wildman–Crippen LogP) is 3.89. The van der Waals surface area contributed by atoms with Gasteiger partial charge in [-0.05, 0) is 62.9 Å². The first-order valence-electron chi connectivity index (χ1n) is 10.7. The molecule has 30 heavy (non-hydrogen) atoms. The zero-order valence-electron chi connectivity index (χ0n) is 17.9. The molecule has 0 bridgehead atoms. The van der Waals surface area contributed by atoms with Crippen molar-refractivity contribution in [2.75, 3.05) is 26.6 Å². The summed E-state index contributed by atoms with van der Waals surface area (Å²) in [6.07, 6.45) is 6.46. The summed E-state index contributed by atoms with van der Waals surface area (Å²) in [5, 5.41) is 0. The van der Waals surface area contributed by atoms with E-state index in [1.165, 1.54) is 5.56 Å². The first-order valence-corrected chi connectivity index (χ1v) is 10.7. The topological polar surface area (TPSA) is 66.5 Å². The van der Waals surface area contributed by atoms with E-state index in [1.54, 1.807) is 4.90 Å². The molecule has 1 unspecified atom stereocenters. The third-order valence-electron chi connectivity index (χ3n) is 6.33. The van der Waals surface area contributed by atoms with Crippen LogP contribution in [0.4, 0.5) is 4.79 Å². The first-order chi connectivity index (χ1) is 14.3. The maximum absolute atomic E-state index is 12.9. The zero-order valence-corrected chi connectivity index (χ0v) is 17.9. The van der Waals surface area contributed by atoms with Crippen LogP contribution in [0.5, 0.6) is 11.5 Å². The molecule has 1 aromatic carbocycles. The Hall–Kier alpha value is -2.25. The molecule has 0 radical (unpaired) electrons. The summed E-state index contributed by atoms with van der Waals surface area (Å²) < 4.78 is 28.7. The third kappa shape index (κ3) is 3.44. The summed E-state index contributed by atoms with van der Waals surface area (Å²) in [6.45, 7) is 8.23. The Bertz CT molecular complexity index is 882. The van der Waals surface area contributed by atoms with Gasteiger partial charge >= 0.3 is 6.09 Å². The Morgan fingerprint density at radius 3 is 2.43 bits per heavy atom. The van der Waals surface area contributed by atoms with Crippen molar-refractivity contribution in [1.82, 2.24) is 4.90 Å². The molecule has 0 N–H and O–H groups in total. The van der Waals surface area contributed by atoms with Crippen molar-refractivity contribution in [3.05, 3.63) is 35.4 Å². The lowest BCUT2D eigenvalue weighted by Gasteiger charge is -2.39. The van der Waals surface area contributed by atoms with E-state index >= 15 is 0 Å². The molecule has 5 rings (SSSR count). The smallest absolute Gasteiger partial charge is 0.410 e. The second-order valence-corrected chi connectivity index (χ2v) is 9.51. The fraction of sp³-hybridized carbons (Fsp3) is 0.609. The first kappa shape index (κ1) is 19.7. The van der Waals surface area contributed by atoms with Gasteiger partial charge in [-0.25, -0.2) is 4.79 Å². The molecule has 0 saturated carbocycles. The van der Waals surface area contributed by atoms with E-state index < -0.39 is 11.4 Å². The lowest BCUT2D eigenvalue weighted by atomic mass is 9.69. The molecule has 2 spiro atoms. The van der Waals surface area contributed by atoms with Gasteiger partial charge in [0, 0.05) is 24.9 Å². The average molecular weight is 415 g/mol. The minimum Gasteiger partial charge on any atom is -0.454 e. The number of carbonyl (C=O) groups is 1. The summed E-state index contributed by atoms with van der Waals surface area (Å²) in [5.74, 6) is 0.897. The van der Waals surface area contributed by atoms with E-state index in [9.17, 15) is 4.79 Å².